The molecule has 0 amide bonds. The molecule has 2 aromatic rings. The van der Waals surface area contributed by atoms with Gasteiger partial charge in [-0.15, -0.1) is 0 Å². The first-order chi connectivity index (χ1) is 8.80. The average molecular weight is 247 g/mol. The van der Waals surface area contributed by atoms with Gasteiger partial charge in [-0.3, -0.25) is 0 Å². The molecule has 0 aliphatic carbocycles. The van der Waals surface area contributed by atoms with Crippen LogP contribution in [-0.2, 0) is 0 Å². The van der Waals surface area contributed by atoms with Crippen LogP contribution < -0.4 is 14.8 Å². The van der Waals surface area contributed by atoms with Crippen molar-refractivity contribution in [2.45, 2.75) is 6.04 Å². The summed E-state index contributed by atoms with van der Waals surface area (Å²) < 4.78 is 16.1. The van der Waals surface area contributed by atoms with Crippen molar-refractivity contribution >= 4 is 0 Å². The standard InChI is InChI=1S/C14H17NO3/c1-15-14(13-5-4-8-18-13)11-9-10(16-2)6-7-12(11)17-3/h4-9,14-15H,1-3H3. The van der Waals surface area contributed by atoms with Gasteiger partial charge in [0.25, 0.3) is 0 Å². The van der Waals surface area contributed by atoms with Gasteiger partial charge in [0.15, 0.2) is 0 Å². The number of ether oxygens (including phenoxy) is 2. The monoisotopic (exact) mass is 247 g/mol. The third-order valence-electron chi connectivity index (χ3n) is 2.86. The molecule has 1 aromatic heterocycles. The van der Waals surface area contributed by atoms with E-state index in [1.165, 1.54) is 0 Å². The van der Waals surface area contributed by atoms with Gasteiger partial charge in [0, 0.05) is 5.56 Å². The van der Waals surface area contributed by atoms with Crippen LogP contribution in [0.25, 0.3) is 0 Å². The molecule has 0 aliphatic rings. The Hall–Kier alpha value is -1.94. The molecule has 1 aromatic carbocycles. The molecule has 4 nitrogen and oxygen atoms in total. The molecule has 18 heavy (non-hydrogen) atoms. The Bertz CT molecular complexity index is 494. The third kappa shape index (κ3) is 2.33. The van der Waals surface area contributed by atoms with Crippen LogP contribution in [0.2, 0.25) is 0 Å². The molecule has 0 saturated heterocycles. The number of methoxy groups -OCH3 is 2. The van der Waals surface area contributed by atoms with Gasteiger partial charge in [-0.2, -0.15) is 0 Å². The van der Waals surface area contributed by atoms with Crippen molar-refractivity contribution in [2.75, 3.05) is 21.3 Å². The maximum atomic E-state index is 5.46. The van der Waals surface area contributed by atoms with E-state index >= 15 is 0 Å². The molecule has 1 heterocycles. The maximum absolute atomic E-state index is 5.46. The van der Waals surface area contributed by atoms with E-state index in [-0.39, 0.29) is 6.04 Å². The summed E-state index contributed by atoms with van der Waals surface area (Å²) in [6.45, 7) is 0. The van der Waals surface area contributed by atoms with Gasteiger partial charge in [-0.25, -0.2) is 0 Å². The van der Waals surface area contributed by atoms with Crippen LogP contribution in [0.1, 0.15) is 17.4 Å². The smallest absolute Gasteiger partial charge is 0.125 e. The van der Waals surface area contributed by atoms with Crippen molar-refractivity contribution < 1.29 is 13.9 Å². The van der Waals surface area contributed by atoms with Crippen LogP contribution >= 0.6 is 0 Å². The zero-order chi connectivity index (χ0) is 13.0. The molecule has 2 rings (SSSR count). The molecule has 4 heteroatoms. The van der Waals surface area contributed by atoms with Crippen LogP contribution in [0.15, 0.2) is 41.0 Å². The average Bonchev–Trinajstić information content (AvgIpc) is 2.93. The van der Waals surface area contributed by atoms with Crippen molar-refractivity contribution in [3.8, 4) is 11.5 Å². The number of nitrogens with one attached hydrogen (secondary N) is 1. The quantitative estimate of drug-likeness (QED) is 0.882. The summed E-state index contributed by atoms with van der Waals surface area (Å²) in [7, 11) is 5.18. The molecule has 0 spiro atoms. The Morgan fingerprint density at radius 2 is 2.00 bits per heavy atom. The Balaban J connectivity index is 2.46. The van der Waals surface area contributed by atoms with E-state index in [2.05, 4.69) is 5.32 Å². The molecule has 1 atom stereocenters. The van der Waals surface area contributed by atoms with E-state index in [1.807, 2.05) is 37.4 Å². The van der Waals surface area contributed by atoms with Gasteiger partial charge >= 0.3 is 0 Å². The van der Waals surface area contributed by atoms with E-state index in [9.17, 15) is 0 Å². The Morgan fingerprint density at radius 3 is 2.56 bits per heavy atom. The first kappa shape index (κ1) is 12.5. The minimum Gasteiger partial charge on any atom is -0.497 e. The molecule has 0 radical (unpaired) electrons. The summed E-state index contributed by atoms with van der Waals surface area (Å²) in [4.78, 5) is 0. The van der Waals surface area contributed by atoms with Gasteiger partial charge in [0.1, 0.15) is 17.3 Å². The van der Waals surface area contributed by atoms with E-state index in [0.717, 1.165) is 22.8 Å². The van der Waals surface area contributed by atoms with Crippen molar-refractivity contribution in [1.82, 2.24) is 5.32 Å². The number of rotatable bonds is 5. The van der Waals surface area contributed by atoms with Crippen LogP contribution in [0.3, 0.4) is 0 Å². The fraction of sp³-hybridized carbons (Fsp3) is 0.286. The molecule has 1 N–H and O–H groups in total. The lowest BCUT2D eigenvalue weighted by Crippen LogP contribution is -2.17. The summed E-state index contributed by atoms with van der Waals surface area (Å²) in [5.41, 5.74) is 0.981. The number of hydrogen-bond donors (Lipinski definition) is 1. The summed E-state index contributed by atoms with van der Waals surface area (Å²) in [5, 5.41) is 3.22. The highest BCUT2D eigenvalue weighted by Crippen LogP contribution is 2.32. The van der Waals surface area contributed by atoms with E-state index < -0.39 is 0 Å². The van der Waals surface area contributed by atoms with Crippen molar-refractivity contribution in [2.24, 2.45) is 0 Å². The molecular weight excluding hydrogens is 230 g/mol. The van der Waals surface area contributed by atoms with Crippen molar-refractivity contribution in [3.05, 3.63) is 47.9 Å². The molecule has 96 valence electrons. The molecule has 0 saturated carbocycles. The van der Waals surface area contributed by atoms with Crippen LogP contribution in [-0.4, -0.2) is 21.3 Å². The second-order valence-corrected chi connectivity index (χ2v) is 3.84. The van der Waals surface area contributed by atoms with E-state index in [1.54, 1.807) is 20.5 Å². The van der Waals surface area contributed by atoms with E-state index in [4.69, 9.17) is 13.9 Å². The van der Waals surface area contributed by atoms with Crippen LogP contribution in [0.5, 0.6) is 11.5 Å². The highest BCUT2D eigenvalue weighted by molar-refractivity contribution is 5.44. The normalized spacial score (nSPS) is 12.2. The Kier molecular flexibility index (Phi) is 3.89. The predicted octanol–water partition coefficient (Wildman–Crippen LogP) is 2.61. The second-order valence-electron chi connectivity index (χ2n) is 3.84. The van der Waals surface area contributed by atoms with Crippen LogP contribution in [0.4, 0.5) is 0 Å². The van der Waals surface area contributed by atoms with Gasteiger partial charge in [0.2, 0.25) is 0 Å². The molecular formula is C14H17NO3. The first-order valence-corrected chi connectivity index (χ1v) is 5.72. The summed E-state index contributed by atoms with van der Waals surface area (Å²) >= 11 is 0. The lowest BCUT2D eigenvalue weighted by Gasteiger charge is -2.18. The lowest BCUT2D eigenvalue weighted by molar-refractivity contribution is 0.388. The highest BCUT2D eigenvalue weighted by atomic mass is 16.5. The number of furan rings is 1. The van der Waals surface area contributed by atoms with Gasteiger partial charge < -0.3 is 19.2 Å². The largest absolute Gasteiger partial charge is 0.497 e. The van der Waals surface area contributed by atoms with Gasteiger partial charge in [-0.05, 0) is 37.4 Å². The number of hydrogen-bond acceptors (Lipinski definition) is 4. The lowest BCUT2D eigenvalue weighted by atomic mass is 10.0. The molecule has 0 aliphatic heterocycles. The van der Waals surface area contributed by atoms with Crippen LogP contribution in [0, 0.1) is 0 Å². The summed E-state index contributed by atoms with van der Waals surface area (Å²) in [6, 6.07) is 9.44. The zero-order valence-electron chi connectivity index (χ0n) is 10.8. The van der Waals surface area contributed by atoms with Gasteiger partial charge in [-0.1, -0.05) is 0 Å². The number of benzene rings is 1. The van der Waals surface area contributed by atoms with E-state index in [0.29, 0.717) is 0 Å². The second kappa shape index (κ2) is 5.60. The summed E-state index contributed by atoms with van der Waals surface area (Å²) in [6.07, 6.45) is 1.66. The minimum absolute atomic E-state index is 0.0648. The van der Waals surface area contributed by atoms with Gasteiger partial charge in [0.05, 0.1) is 26.5 Å². The zero-order valence-corrected chi connectivity index (χ0v) is 10.8. The molecule has 1 unspecified atom stereocenters. The summed E-state index contributed by atoms with van der Waals surface area (Å²) in [5.74, 6) is 2.42. The predicted molar refractivity (Wildman–Crippen MR) is 69.2 cm³/mol. The topological polar surface area (TPSA) is 43.6 Å². The highest BCUT2D eigenvalue weighted by Gasteiger charge is 2.19. The Morgan fingerprint density at radius 1 is 1.17 bits per heavy atom. The minimum atomic E-state index is -0.0648. The first-order valence-electron chi connectivity index (χ1n) is 5.72. The maximum Gasteiger partial charge on any atom is 0.125 e. The van der Waals surface area contributed by atoms with Crippen molar-refractivity contribution in [3.63, 3.8) is 0 Å². The molecule has 0 bridgehead atoms. The molecule has 0 fully saturated rings. The third-order valence-corrected chi connectivity index (χ3v) is 2.86. The van der Waals surface area contributed by atoms with Crippen molar-refractivity contribution in [1.29, 1.82) is 0 Å². The Labute approximate surface area is 107 Å². The fourth-order valence-electron chi connectivity index (χ4n) is 1.97. The fourth-order valence-corrected chi connectivity index (χ4v) is 1.97. The SMILES string of the molecule is CNC(c1ccco1)c1cc(OC)ccc1OC.